The summed E-state index contributed by atoms with van der Waals surface area (Å²) >= 11 is 12.8. The van der Waals surface area contributed by atoms with E-state index >= 15 is 0 Å². The smallest absolute Gasteiger partial charge is 0.366 e. The Labute approximate surface area is 212 Å². The Balaban J connectivity index is 1.81. The number of amides is 1. The van der Waals surface area contributed by atoms with Crippen LogP contribution >= 0.6 is 23.2 Å². The Morgan fingerprint density at radius 2 is 1.58 bits per heavy atom. The van der Waals surface area contributed by atoms with E-state index in [2.05, 4.69) is 0 Å². The second kappa shape index (κ2) is 8.84. The van der Waals surface area contributed by atoms with Crippen LogP contribution in [0.1, 0.15) is 21.5 Å². The van der Waals surface area contributed by atoms with Gasteiger partial charge < -0.3 is 10.3 Å². The van der Waals surface area contributed by atoms with Crippen molar-refractivity contribution in [1.29, 1.82) is 0 Å². The molecule has 0 bridgehead atoms. The SMILES string of the molecule is NC(=O)c1cccc2c1c1ccc(-c3c(Cl)cccc3Cl)cc1n2Cc1cc(C(F)(F)F)ccc1F. The third-order valence-electron chi connectivity index (χ3n) is 6.11. The number of carbonyl (C=O) groups is 1. The Morgan fingerprint density at radius 3 is 2.25 bits per heavy atom. The van der Waals surface area contributed by atoms with E-state index in [1.165, 1.54) is 0 Å². The van der Waals surface area contributed by atoms with Gasteiger partial charge in [-0.3, -0.25) is 4.79 Å². The molecule has 0 aliphatic heterocycles. The van der Waals surface area contributed by atoms with Crippen LogP contribution in [0.3, 0.4) is 0 Å². The van der Waals surface area contributed by atoms with Gasteiger partial charge in [-0.05, 0) is 54.1 Å². The number of primary amides is 1. The van der Waals surface area contributed by atoms with Crippen LogP contribution in [-0.4, -0.2) is 10.5 Å². The van der Waals surface area contributed by atoms with Gasteiger partial charge in [-0.15, -0.1) is 0 Å². The lowest BCUT2D eigenvalue weighted by molar-refractivity contribution is -0.137. The molecule has 0 aliphatic carbocycles. The van der Waals surface area contributed by atoms with Gasteiger partial charge in [-0.25, -0.2) is 4.39 Å². The molecule has 182 valence electrons. The van der Waals surface area contributed by atoms with Crippen molar-refractivity contribution >= 4 is 50.9 Å². The number of nitrogens with zero attached hydrogens (tertiary/aromatic N) is 1. The van der Waals surface area contributed by atoms with E-state index in [9.17, 15) is 22.4 Å². The van der Waals surface area contributed by atoms with Crippen LogP contribution in [0.4, 0.5) is 17.6 Å². The van der Waals surface area contributed by atoms with Crippen molar-refractivity contribution in [1.82, 2.24) is 4.57 Å². The van der Waals surface area contributed by atoms with Crippen molar-refractivity contribution in [3.63, 3.8) is 0 Å². The largest absolute Gasteiger partial charge is 0.416 e. The van der Waals surface area contributed by atoms with Gasteiger partial charge in [0.25, 0.3) is 0 Å². The summed E-state index contributed by atoms with van der Waals surface area (Å²) in [5.41, 5.74) is 7.02. The lowest BCUT2D eigenvalue weighted by Crippen LogP contribution is -2.11. The monoisotopic (exact) mass is 530 g/mol. The normalized spacial score (nSPS) is 11.9. The van der Waals surface area contributed by atoms with E-state index < -0.39 is 23.5 Å². The number of carbonyl (C=O) groups excluding carboxylic acids is 1. The quantitative estimate of drug-likeness (QED) is 0.234. The molecule has 5 aromatic rings. The minimum absolute atomic E-state index is 0.158. The molecule has 0 atom stereocenters. The highest BCUT2D eigenvalue weighted by Gasteiger charge is 2.31. The molecule has 3 nitrogen and oxygen atoms in total. The fraction of sp³-hybridized carbons (Fsp3) is 0.0741. The second-order valence-electron chi connectivity index (χ2n) is 8.28. The zero-order chi connectivity index (χ0) is 25.8. The fourth-order valence-electron chi connectivity index (χ4n) is 4.49. The van der Waals surface area contributed by atoms with E-state index in [0.29, 0.717) is 49.0 Å². The number of fused-ring (bicyclic) bond motifs is 3. The highest BCUT2D eigenvalue weighted by molar-refractivity contribution is 6.39. The summed E-state index contributed by atoms with van der Waals surface area (Å²) in [5.74, 6) is -1.45. The van der Waals surface area contributed by atoms with E-state index in [1.54, 1.807) is 59.2 Å². The molecule has 1 heterocycles. The van der Waals surface area contributed by atoms with Gasteiger partial charge in [0, 0.05) is 37.5 Å². The Morgan fingerprint density at radius 1 is 0.889 bits per heavy atom. The van der Waals surface area contributed by atoms with Gasteiger partial charge >= 0.3 is 6.18 Å². The van der Waals surface area contributed by atoms with Crippen molar-refractivity contribution in [3.05, 3.63) is 105 Å². The summed E-state index contributed by atoms with van der Waals surface area (Å²) in [4.78, 5) is 12.2. The molecule has 1 amide bonds. The van der Waals surface area contributed by atoms with E-state index in [4.69, 9.17) is 28.9 Å². The predicted octanol–water partition coefficient (Wildman–Crippen LogP) is 8.07. The summed E-state index contributed by atoms with van der Waals surface area (Å²) in [6, 6.07) is 17.6. The average Bonchev–Trinajstić information content (AvgIpc) is 3.12. The molecule has 0 unspecified atom stereocenters. The lowest BCUT2D eigenvalue weighted by Gasteiger charge is -2.13. The number of alkyl halides is 3. The van der Waals surface area contributed by atoms with Crippen molar-refractivity contribution in [2.75, 3.05) is 0 Å². The molecular formula is C27H16Cl2F4N2O. The molecule has 36 heavy (non-hydrogen) atoms. The molecule has 0 saturated carbocycles. The molecule has 5 rings (SSSR count). The third-order valence-corrected chi connectivity index (χ3v) is 6.74. The van der Waals surface area contributed by atoms with Crippen LogP contribution in [0.15, 0.2) is 72.8 Å². The molecule has 0 radical (unpaired) electrons. The maximum atomic E-state index is 14.7. The number of benzene rings is 4. The molecule has 0 aliphatic rings. The number of halogens is 6. The summed E-state index contributed by atoms with van der Waals surface area (Å²) in [6.07, 6.45) is -4.63. The third kappa shape index (κ3) is 4.08. The van der Waals surface area contributed by atoms with Gasteiger partial charge in [0.05, 0.1) is 23.1 Å². The maximum absolute atomic E-state index is 14.7. The Kier molecular flexibility index (Phi) is 5.93. The molecular weight excluding hydrogens is 515 g/mol. The Hall–Kier alpha value is -3.55. The van der Waals surface area contributed by atoms with Crippen LogP contribution in [0, 0.1) is 5.82 Å². The number of hydrogen-bond donors (Lipinski definition) is 1. The molecule has 1 aromatic heterocycles. The molecule has 9 heteroatoms. The van der Waals surface area contributed by atoms with Gasteiger partial charge in [0.15, 0.2) is 0 Å². The number of hydrogen-bond acceptors (Lipinski definition) is 1. The number of nitrogens with two attached hydrogens (primary N) is 1. The van der Waals surface area contributed by atoms with E-state index in [0.717, 1.165) is 12.1 Å². The van der Waals surface area contributed by atoms with Crippen LogP contribution < -0.4 is 5.73 Å². The highest BCUT2D eigenvalue weighted by Crippen LogP contribution is 2.39. The van der Waals surface area contributed by atoms with Crippen molar-refractivity contribution in [2.45, 2.75) is 12.7 Å². The molecule has 0 spiro atoms. The minimum Gasteiger partial charge on any atom is -0.366 e. The summed E-state index contributed by atoms with van der Waals surface area (Å²) in [5, 5.41) is 1.96. The first-order valence-corrected chi connectivity index (χ1v) is 11.5. The first-order valence-electron chi connectivity index (χ1n) is 10.7. The van der Waals surface area contributed by atoms with Gasteiger partial charge in [0.1, 0.15) is 5.82 Å². The fourth-order valence-corrected chi connectivity index (χ4v) is 5.11. The van der Waals surface area contributed by atoms with Crippen LogP contribution in [0.25, 0.3) is 32.9 Å². The molecule has 0 fully saturated rings. The van der Waals surface area contributed by atoms with Crippen LogP contribution in [0.5, 0.6) is 0 Å². The maximum Gasteiger partial charge on any atom is 0.416 e. The first kappa shape index (κ1) is 24.2. The zero-order valence-electron chi connectivity index (χ0n) is 18.3. The van der Waals surface area contributed by atoms with Crippen LogP contribution in [0.2, 0.25) is 10.0 Å². The number of aromatic nitrogens is 1. The highest BCUT2D eigenvalue weighted by atomic mass is 35.5. The second-order valence-corrected chi connectivity index (χ2v) is 9.10. The van der Waals surface area contributed by atoms with Crippen molar-refractivity contribution in [2.24, 2.45) is 5.73 Å². The standard InChI is InChI=1S/C27H16Cl2F4N2O/c28-19-4-2-5-20(29)24(19)14-7-9-17-23(12-14)35(22-6-1-3-18(25(17)22)26(34)36)13-15-11-16(27(31,32)33)8-10-21(15)30/h1-12H,13H2,(H2,34,36). The summed E-state index contributed by atoms with van der Waals surface area (Å²) < 4.78 is 56.4. The molecule has 0 saturated heterocycles. The molecule has 4 aromatic carbocycles. The van der Waals surface area contributed by atoms with Crippen molar-refractivity contribution in [3.8, 4) is 11.1 Å². The number of rotatable bonds is 4. The molecule has 2 N–H and O–H groups in total. The summed E-state index contributed by atoms with van der Waals surface area (Å²) in [6.45, 7) is -0.225. The topological polar surface area (TPSA) is 48.0 Å². The lowest BCUT2D eigenvalue weighted by atomic mass is 10.0. The summed E-state index contributed by atoms with van der Waals surface area (Å²) in [7, 11) is 0. The van der Waals surface area contributed by atoms with Gasteiger partial charge in [0.2, 0.25) is 5.91 Å². The van der Waals surface area contributed by atoms with E-state index in [1.807, 2.05) is 0 Å². The van der Waals surface area contributed by atoms with E-state index in [-0.39, 0.29) is 17.7 Å². The van der Waals surface area contributed by atoms with Crippen molar-refractivity contribution < 1.29 is 22.4 Å². The Bertz CT molecular complexity index is 1650. The average molecular weight is 531 g/mol. The predicted molar refractivity (Wildman–Crippen MR) is 134 cm³/mol. The van der Waals surface area contributed by atoms with Crippen LogP contribution in [-0.2, 0) is 12.7 Å². The minimum atomic E-state index is -4.63. The van der Waals surface area contributed by atoms with Gasteiger partial charge in [-0.2, -0.15) is 13.2 Å². The first-order chi connectivity index (χ1) is 17.1. The zero-order valence-corrected chi connectivity index (χ0v) is 19.8. The van der Waals surface area contributed by atoms with Gasteiger partial charge in [-0.1, -0.05) is 47.5 Å².